The number of primary amides is 1. The third-order valence-corrected chi connectivity index (χ3v) is 5.01. The average molecular weight is 382 g/mol. The first-order valence-corrected chi connectivity index (χ1v) is 8.01. The Kier molecular flexibility index (Phi) is 6.61. The van der Waals surface area contributed by atoms with Crippen molar-refractivity contribution in [1.82, 2.24) is 4.90 Å². The van der Waals surface area contributed by atoms with Crippen LogP contribution < -0.4 is 5.73 Å². The summed E-state index contributed by atoms with van der Waals surface area (Å²) in [7, 11) is 0. The van der Waals surface area contributed by atoms with Gasteiger partial charge in [-0.15, -0.1) is 0 Å². The van der Waals surface area contributed by atoms with Crippen molar-refractivity contribution >= 4 is 23.9 Å². The smallest absolute Gasteiger partial charge is 0.479 e. The lowest BCUT2D eigenvalue weighted by Crippen LogP contribution is -2.74. The Balaban J connectivity index is 0.000000412. The van der Waals surface area contributed by atoms with Crippen LogP contribution in [0.5, 0.6) is 0 Å². The van der Waals surface area contributed by atoms with Gasteiger partial charge in [0.05, 0.1) is 6.42 Å². The molecule has 0 aromatic rings. The van der Waals surface area contributed by atoms with E-state index in [2.05, 4.69) is 0 Å². The van der Waals surface area contributed by atoms with Crippen LogP contribution in [0, 0.1) is 11.8 Å². The number of carbonyl (C=O) groups excluding carboxylic acids is 2. The summed E-state index contributed by atoms with van der Waals surface area (Å²) in [6.45, 7) is 1.83. The second kappa shape index (κ2) is 7.92. The molecule has 1 saturated carbocycles. The van der Waals surface area contributed by atoms with Crippen molar-refractivity contribution < 1.29 is 42.6 Å². The lowest BCUT2D eigenvalue weighted by atomic mass is 9.65. The highest BCUT2D eigenvalue weighted by atomic mass is 19.4. The topological polar surface area (TPSA) is 138 Å². The van der Waals surface area contributed by atoms with Crippen LogP contribution >= 0.6 is 0 Å². The van der Waals surface area contributed by atoms with Crippen LogP contribution in [0.2, 0.25) is 0 Å². The number of aliphatic carboxylic acids is 2. The van der Waals surface area contributed by atoms with E-state index >= 15 is 0 Å². The van der Waals surface area contributed by atoms with Crippen LogP contribution in [-0.4, -0.2) is 50.7 Å². The average Bonchev–Trinajstić information content (AvgIpc) is 2.51. The molecule has 0 spiro atoms. The van der Waals surface area contributed by atoms with Crippen LogP contribution in [0.3, 0.4) is 0 Å². The number of hydrogen-bond donors (Lipinski definition) is 3. The minimum atomic E-state index is -5.08. The molecule has 2 atom stereocenters. The monoisotopic (exact) mass is 382 g/mol. The number of alkyl halides is 3. The molecule has 11 heteroatoms. The maximum Gasteiger partial charge on any atom is 0.490 e. The van der Waals surface area contributed by atoms with Crippen molar-refractivity contribution in [3.8, 4) is 0 Å². The molecule has 1 unspecified atom stereocenters. The van der Waals surface area contributed by atoms with Gasteiger partial charge in [0.1, 0.15) is 0 Å². The van der Waals surface area contributed by atoms with Crippen LogP contribution in [0.15, 0.2) is 0 Å². The minimum absolute atomic E-state index is 0.122. The summed E-state index contributed by atoms with van der Waals surface area (Å²) in [6.07, 6.45) is 0.0309. The number of carbonyl (C=O) groups is 4. The van der Waals surface area contributed by atoms with E-state index in [1.54, 1.807) is 0 Å². The van der Waals surface area contributed by atoms with E-state index in [1.165, 1.54) is 6.42 Å². The van der Waals surface area contributed by atoms with Gasteiger partial charge in [0.2, 0.25) is 5.91 Å². The summed E-state index contributed by atoms with van der Waals surface area (Å²) in [5, 5.41) is 16.6. The predicted octanol–water partition coefficient (Wildman–Crippen LogP) is 1.97. The van der Waals surface area contributed by atoms with Crippen LogP contribution in [0.1, 0.15) is 45.4 Å². The van der Waals surface area contributed by atoms with Crippen molar-refractivity contribution in [2.24, 2.45) is 17.6 Å². The summed E-state index contributed by atoms with van der Waals surface area (Å²) in [4.78, 5) is 44.2. The Morgan fingerprint density at radius 3 is 1.96 bits per heavy atom. The Morgan fingerprint density at radius 2 is 1.65 bits per heavy atom. The highest BCUT2D eigenvalue weighted by molar-refractivity contribution is 6.08. The molecule has 8 nitrogen and oxygen atoms in total. The number of rotatable bonds is 3. The zero-order valence-corrected chi connectivity index (χ0v) is 14.1. The molecule has 0 aromatic heterocycles. The normalized spacial score (nSPS) is 24.8. The predicted molar refractivity (Wildman–Crippen MR) is 80.8 cm³/mol. The number of halogens is 3. The molecule has 1 saturated heterocycles. The summed E-state index contributed by atoms with van der Waals surface area (Å²) in [6, 6.07) is -0.957. The standard InChI is InChI=1S/C13H20N2O4.C2HF3O2/c1-8(9-5-3-2-4-6-9)13(11(17)18)7-10(16)15(13)12(14)19;3-2(4,5)1(6)7/h8-9H,2-7H2,1H3,(H2,14,19)(H,17,18);(H,6,7)/t8-,13?;/m1./s1. The van der Waals surface area contributed by atoms with Crippen LogP contribution in [0.25, 0.3) is 0 Å². The van der Waals surface area contributed by atoms with Gasteiger partial charge < -0.3 is 15.9 Å². The van der Waals surface area contributed by atoms with Crippen molar-refractivity contribution in [3.63, 3.8) is 0 Å². The molecule has 2 aliphatic rings. The van der Waals surface area contributed by atoms with Gasteiger partial charge in [-0.25, -0.2) is 19.3 Å². The highest BCUT2D eigenvalue weighted by Gasteiger charge is 2.63. The largest absolute Gasteiger partial charge is 0.490 e. The summed E-state index contributed by atoms with van der Waals surface area (Å²) in [5.74, 6) is -4.38. The number of urea groups is 1. The SMILES string of the molecule is C[C@H](C1CCCCC1)C1(C(=O)O)CC(=O)N1C(N)=O.O=C(O)C(F)(F)F. The summed E-state index contributed by atoms with van der Waals surface area (Å²) >= 11 is 0. The van der Waals surface area contributed by atoms with E-state index in [0.717, 1.165) is 30.6 Å². The van der Waals surface area contributed by atoms with Gasteiger partial charge in [-0.1, -0.05) is 39.0 Å². The molecule has 1 heterocycles. The van der Waals surface area contributed by atoms with E-state index in [4.69, 9.17) is 15.6 Å². The number of hydrogen-bond acceptors (Lipinski definition) is 4. The van der Waals surface area contributed by atoms with E-state index in [9.17, 15) is 32.7 Å². The molecule has 2 rings (SSSR count). The third-order valence-electron chi connectivity index (χ3n) is 5.01. The van der Waals surface area contributed by atoms with Crippen molar-refractivity contribution in [3.05, 3.63) is 0 Å². The van der Waals surface area contributed by atoms with Crippen molar-refractivity contribution in [1.29, 1.82) is 0 Å². The summed E-state index contributed by atoms with van der Waals surface area (Å²) < 4.78 is 31.7. The van der Waals surface area contributed by atoms with Gasteiger partial charge in [0.15, 0.2) is 5.54 Å². The Bertz CT molecular complexity index is 580. The molecule has 0 radical (unpaired) electrons. The number of carboxylic acids is 2. The number of amides is 3. The zero-order chi connectivity index (χ0) is 20.3. The minimum Gasteiger partial charge on any atom is -0.479 e. The quantitative estimate of drug-likeness (QED) is 0.638. The van der Waals surface area contributed by atoms with Gasteiger partial charge in [0.25, 0.3) is 0 Å². The fourth-order valence-electron chi connectivity index (χ4n) is 3.59. The van der Waals surface area contributed by atoms with Crippen LogP contribution in [-0.2, 0) is 14.4 Å². The molecule has 1 aliphatic carbocycles. The van der Waals surface area contributed by atoms with Gasteiger partial charge >= 0.3 is 24.1 Å². The fraction of sp³-hybridized carbons (Fsp3) is 0.733. The lowest BCUT2D eigenvalue weighted by molar-refractivity contribution is -0.192. The molecule has 4 N–H and O–H groups in total. The number of β-lactam (4-membered cyclic amide) rings is 1. The molecular formula is C15H21F3N2O6. The molecule has 1 aliphatic heterocycles. The number of nitrogens with zero attached hydrogens (tertiary/aromatic N) is 1. The van der Waals surface area contributed by atoms with E-state index < -0.39 is 35.6 Å². The molecule has 0 bridgehead atoms. The second-order valence-electron chi connectivity index (χ2n) is 6.46. The number of nitrogens with two attached hydrogens (primary N) is 1. The van der Waals surface area contributed by atoms with Crippen LogP contribution in [0.4, 0.5) is 18.0 Å². The first-order valence-electron chi connectivity index (χ1n) is 8.01. The lowest BCUT2D eigenvalue weighted by Gasteiger charge is -2.52. The first kappa shape index (κ1) is 21.7. The van der Waals surface area contributed by atoms with E-state index in [1.807, 2.05) is 6.92 Å². The van der Waals surface area contributed by atoms with Gasteiger partial charge in [0, 0.05) is 0 Å². The molecule has 2 fully saturated rings. The highest BCUT2D eigenvalue weighted by Crippen LogP contribution is 2.45. The van der Waals surface area contributed by atoms with Gasteiger partial charge in [-0.05, 0) is 11.8 Å². The maximum absolute atomic E-state index is 11.6. The molecule has 0 aromatic carbocycles. The van der Waals surface area contributed by atoms with Crippen molar-refractivity contribution in [2.75, 3.05) is 0 Å². The Hall–Kier alpha value is -2.33. The van der Waals surface area contributed by atoms with E-state index in [0.29, 0.717) is 0 Å². The Morgan fingerprint density at radius 1 is 1.19 bits per heavy atom. The molecular weight excluding hydrogens is 361 g/mol. The summed E-state index contributed by atoms with van der Waals surface area (Å²) in [5.41, 5.74) is 3.75. The first-order chi connectivity index (χ1) is 11.9. The number of likely N-dealkylation sites (tertiary alicyclic amines) is 1. The fourth-order valence-corrected chi connectivity index (χ4v) is 3.59. The van der Waals surface area contributed by atoms with Gasteiger partial charge in [-0.2, -0.15) is 13.2 Å². The Labute approximate surface area is 147 Å². The number of carboxylic acid groups (broad SMARTS) is 2. The van der Waals surface area contributed by atoms with Crippen molar-refractivity contribution in [2.45, 2.75) is 57.2 Å². The molecule has 26 heavy (non-hydrogen) atoms. The van der Waals surface area contributed by atoms with E-state index in [-0.39, 0.29) is 18.3 Å². The molecule has 148 valence electrons. The van der Waals surface area contributed by atoms with Gasteiger partial charge in [-0.3, -0.25) is 4.79 Å². The zero-order valence-electron chi connectivity index (χ0n) is 14.1. The second-order valence-corrected chi connectivity index (χ2v) is 6.46. The molecule has 3 amide bonds. The number of imide groups is 1. The third kappa shape index (κ3) is 4.25. The maximum atomic E-state index is 11.6.